The van der Waals surface area contributed by atoms with Gasteiger partial charge < -0.3 is 15.7 Å². The second-order valence-corrected chi connectivity index (χ2v) is 11.2. The lowest BCUT2D eigenvalue weighted by molar-refractivity contribution is -0.0435. The molecule has 2 aromatic carbocycles. The molecule has 33 heavy (non-hydrogen) atoms. The van der Waals surface area contributed by atoms with Crippen LogP contribution in [0.5, 0.6) is 0 Å². The predicted octanol–water partition coefficient (Wildman–Crippen LogP) is 2.86. The van der Waals surface area contributed by atoms with Crippen molar-refractivity contribution >= 4 is 43.4 Å². The van der Waals surface area contributed by atoms with Crippen LogP contribution in [0.2, 0.25) is 0 Å². The molecule has 182 valence electrons. The maximum atomic E-state index is 13.2. The number of hydrogen-bond donors (Lipinski definition) is 4. The number of primary sulfonamides is 1. The van der Waals surface area contributed by atoms with Gasteiger partial charge in [0.1, 0.15) is 4.90 Å². The molecule has 2 aromatic rings. The SMILES string of the molecule is NS(=O)(=O)c1ccc(N[C@@H](CCNC(=O)O)CSc2ccccc2)c(S(=O)(=O)C(F)(F)F)c1. The van der Waals surface area contributed by atoms with Gasteiger partial charge in [-0.2, -0.15) is 13.2 Å². The number of benzene rings is 2. The van der Waals surface area contributed by atoms with Crippen LogP contribution in [0, 0.1) is 0 Å². The molecule has 0 radical (unpaired) electrons. The molecule has 0 aliphatic rings. The molecule has 0 aliphatic carbocycles. The van der Waals surface area contributed by atoms with Gasteiger partial charge in [-0.1, -0.05) is 18.2 Å². The quantitative estimate of drug-likeness (QED) is 0.344. The molecule has 0 unspecified atom stereocenters. The fourth-order valence-corrected chi connectivity index (χ4v) is 5.19. The molecule has 2 rings (SSSR count). The van der Waals surface area contributed by atoms with Crippen molar-refractivity contribution in [3.05, 3.63) is 48.5 Å². The summed E-state index contributed by atoms with van der Waals surface area (Å²) in [6.07, 6.45) is -1.21. The molecule has 9 nitrogen and oxygen atoms in total. The van der Waals surface area contributed by atoms with E-state index in [1.165, 1.54) is 11.8 Å². The van der Waals surface area contributed by atoms with Crippen molar-refractivity contribution < 1.29 is 39.9 Å². The third-order valence-corrected chi connectivity index (χ3v) is 7.81. The van der Waals surface area contributed by atoms with Crippen LogP contribution in [0.1, 0.15) is 6.42 Å². The number of sulfonamides is 1. The van der Waals surface area contributed by atoms with Crippen molar-refractivity contribution in [1.82, 2.24) is 5.32 Å². The van der Waals surface area contributed by atoms with Gasteiger partial charge in [-0.15, -0.1) is 11.8 Å². The highest BCUT2D eigenvalue weighted by Gasteiger charge is 2.48. The first kappa shape index (κ1) is 26.8. The standard InChI is InChI=1S/C18H20F3N3O6S3/c19-18(20,21)32(27,28)16-10-14(33(22,29)30)6-7-15(16)24-12(8-9-23-17(25)26)11-31-13-4-2-1-3-5-13/h1-7,10,12,23-24H,8-9,11H2,(H,25,26)(H2,22,29,30)/t12-/m0/s1. The van der Waals surface area contributed by atoms with E-state index in [1.54, 1.807) is 30.3 Å². The van der Waals surface area contributed by atoms with Gasteiger partial charge in [-0.3, -0.25) is 0 Å². The highest BCUT2D eigenvalue weighted by atomic mass is 32.2. The van der Waals surface area contributed by atoms with Crippen molar-refractivity contribution in [3.8, 4) is 0 Å². The van der Waals surface area contributed by atoms with Gasteiger partial charge in [0, 0.05) is 23.2 Å². The Balaban J connectivity index is 2.42. The van der Waals surface area contributed by atoms with Crippen molar-refractivity contribution in [2.24, 2.45) is 5.14 Å². The highest BCUT2D eigenvalue weighted by molar-refractivity contribution is 7.99. The Labute approximate surface area is 192 Å². The lowest BCUT2D eigenvalue weighted by Crippen LogP contribution is -2.32. The maximum absolute atomic E-state index is 13.2. The van der Waals surface area contributed by atoms with Crippen molar-refractivity contribution in [2.45, 2.75) is 32.7 Å². The number of halogens is 3. The average molecular weight is 528 g/mol. The number of anilines is 1. The van der Waals surface area contributed by atoms with Crippen molar-refractivity contribution in [2.75, 3.05) is 17.6 Å². The Morgan fingerprint density at radius 1 is 1.09 bits per heavy atom. The Bertz CT molecular complexity index is 1190. The van der Waals surface area contributed by atoms with Crippen LogP contribution in [0.15, 0.2) is 63.2 Å². The molecule has 15 heteroatoms. The van der Waals surface area contributed by atoms with E-state index in [2.05, 4.69) is 10.6 Å². The van der Waals surface area contributed by atoms with Crippen LogP contribution in [0.3, 0.4) is 0 Å². The zero-order chi connectivity index (χ0) is 24.9. The summed E-state index contributed by atoms with van der Waals surface area (Å²) in [5.41, 5.74) is -6.19. The van der Waals surface area contributed by atoms with E-state index >= 15 is 0 Å². The third-order valence-electron chi connectivity index (χ3n) is 4.20. The molecular formula is C18H20F3N3O6S3. The Kier molecular flexibility index (Phi) is 8.62. The fourth-order valence-electron chi connectivity index (χ4n) is 2.63. The minimum absolute atomic E-state index is 0.0705. The molecular weight excluding hydrogens is 507 g/mol. The zero-order valence-corrected chi connectivity index (χ0v) is 19.2. The van der Waals surface area contributed by atoms with Gasteiger partial charge in [-0.25, -0.2) is 26.8 Å². The lowest BCUT2D eigenvalue weighted by atomic mass is 10.2. The Morgan fingerprint density at radius 2 is 1.73 bits per heavy atom. The topological polar surface area (TPSA) is 156 Å². The number of nitrogens with two attached hydrogens (primary N) is 1. The van der Waals surface area contributed by atoms with Crippen molar-refractivity contribution in [1.29, 1.82) is 0 Å². The smallest absolute Gasteiger partial charge is 0.465 e. The normalized spacial score (nSPS) is 13.3. The van der Waals surface area contributed by atoms with Gasteiger partial charge in [0.05, 0.1) is 10.6 Å². The Hall–Kier alpha value is -2.49. The molecule has 5 N–H and O–H groups in total. The number of amides is 1. The highest BCUT2D eigenvalue weighted by Crippen LogP contribution is 2.36. The molecule has 0 heterocycles. The van der Waals surface area contributed by atoms with E-state index in [9.17, 15) is 34.8 Å². The first-order valence-corrected chi connectivity index (χ1v) is 13.1. The van der Waals surface area contributed by atoms with Crippen LogP contribution >= 0.6 is 11.8 Å². The number of alkyl halides is 3. The van der Waals surface area contributed by atoms with Crippen LogP contribution in [0.25, 0.3) is 0 Å². The molecule has 0 aliphatic heterocycles. The second-order valence-electron chi connectivity index (χ2n) is 6.64. The summed E-state index contributed by atoms with van der Waals surface area (Å²) in [5, 5.41) is 18.5. The molecule has 1 atom stereocenters. The molecule has 0 fully saturated rings. The summed E-state index contributed by atoms with van der Waals surface area (Å²) in [5.74, 6) is 0.230. The van der Waals surface area contributed by atoms with E-state index in [0.29, 0.717) is 6.07 Å². The van der Waals surface area contributed by atoms with E-state index < -0.39 is 53.0 Å². The summed E-state index contributed by atoms with van der Waals surface area (Å²) < 4.78 is 87.1. The summed E-state index contributed by atoms with van der Waals surface area (Å²) in [7, 11) is -10.4. The molecule has 0 saturated heterocycles. The summed E-state index contributed by atoms with van der Waals surface area (Å²) in [4.78, 5) is 9.45. The number of carboxylic acid groups (broad SMARTS) is 1. The molecule has 0 spiro atoms. The van der Waals surface area contributed by atoms with E-state index in [4.69, 9.17) is 10.2 Å². The van der Waals surface area contributed by atoms with Crippen LogP contribution in [0.4, 0.5) is 23.7 Å². The fraction of sp³-hybridized carbons (Fsp3) is 0.278. The summed E-state index contributed by atoms with van der Waals surface area (Å²) in [6.45, 7) is -0.0705. The monoisotopic (exact) mass is 527 g/mol. The van der Waals surface area contributed by atoms with Gasteiger partial charge in [0.15, 0.2) is 0 Å². The minimum atomic E-state index is -5.94. The van der Waals surface area contributed by atoms with Crippen LogP contribution in [-0.2, 0) is 19.9 Å². The van der Waals surface area contributed by atoms with Crippen LogP contribution < -0.4 is 15.8 Å². The first-order chi connectivity index (χ1) is 15.2. The largest absolute Gasteiger partial charge is 0.501 e. The van der Waals surface area contributed by atoms with Crippen molar-refractivity contribution in [3.63, 3.8) is 0 Å². The number of sulfone groups is 1. The number of carbonyl (C=O) groups is 1. The summed E-state index contributed by atoms with van der Waals surface area (Å²) >= 11 is 1.31. The lowest BCUT2D eigenvalue weighted by Gasteiger charge is -2.22. The molecule has 0 bridgehead atoms. The van der Waals surface area contributed by atoms with E-state index in [0.717, 1.165) is 17.0 Å². The molecule has 0 saturated carbocycles. The van der Waals surface area contributed by atoms with Gasteiger partial charge >= 0.3 is 11.6 Å². The number of hydrogen-bond acceptors (Lipinski definition) is 7. The van der Waals surface area contributed by atoms with Gasteiger partial charge in [0.2, 0.25) is 10.0 Å². The second kappa shape index (κ2) is 10.6. The average Bonchev–Trinajstić information content (AvgIpc) is 2.71. The third kappa shape index (κ3) is 7.52. The van der Waals surface area contributed by atoms with E-state index in [1.807, 2.05) is 0 Å². The van der Waals surface area contributed by atoms with Gasteiger partial charge in [0.25, 0.3) is 9.84 Å². The summed E-state index contributed by atoms with van der Waals surface area (Å²) in [6, 6.07) is 10.3. The van der Waals surface area contributed by atoms with E-state index in [-0.39, 0.29) is 18.7 Å². The minimum Gasteiger partial charge on any atom is -0.465 e. The predicted molar refractivity (Wildman–Crippen MR) is 116 cm³/mol. The first-order valence-electron chi connectivity index (χ1n) is 9.11. The van der Waals surface area contributed by atoms with Crippen LogP contribution in [-0.4, -0.2) is 51.9 Å². The number of nitrogens with one attached hydrogen (secondary N) is 2. The van der Waals surface area contributed by atoms with Gasteiger partial charge in [-0.05, 0) is 36.8 Å². The maximum Gasteiger partial charge on any atom is 0.501 e. The molecule has 1 amide bonds. The molecule has 0 aromatic heterocycles. The number of thioether (sulfide) groups is 1. The Morgan fingerprint density at radius 3 is 2.27 bits per heavy atom. The zero-order valence-electron chi connectivity index (χ0n) is 16.7. The number of rotatable bonds is 10.